The van der Waals surface area contributed by atoms with Crippen LogP contribution in [-0.4, -0.2) is 54.6 Å². The van der Waals surface area contributed by atoms with Crippen LogP contribution in [0.15, 0.2) is 65.6 Å². The van der Waals surface area contributed by atoms with Crippen LogP contribution >= 0.6 is 0 Å². The summed E-state index contributed by atoms with van der Waals surface area (Å²) in [6.45, 7) is -1.24. The van der Waals surface area contributed by atoms with Crippen LogP contribution in [0.4, 0.5) is 27.6 Å². The number of carbonyl (C=O) groups is 1. The van der Waals surface area contributed by atoms with Crippen molar-refractivity contribution in [2.24, 2.45) is 5.41 Å². The number of aliphatic hydroxyl groups excluding tert-OH is 1. The van der Waals surface area contributed by atoms with Crippen LogP contribution in [0.3, 0.4) is 0 Å². The monoisotopic (exact) mass is 613 g/mol. The lowest BCUT2D eigenvalue weighted by Crippen LogP contribution is -2.60. The standard InChI is InChI=1S/C28H24F5NO7S/c29-18-5-6-22(30)21(10-18)16-4-7-24-23(8-16)34(42(39,40)20-3-1-2-17(9-20)28(31,32)33)12-19(41-24)11-26(25(36)37)13-27(38,14-26)15-35/h1-10,19,35,38H,11-15H2,(H,36,37)/t19-,26?,27?/m0/s1. The highest BCUT2D eigenvalue weighted by Crippen LogP contribution is 2.53. The fraction of sp³-hybridized carbons (Fsp3) is 0.321. The van der Waals surface area contributed by atoms with Crippen LogP contribution in [0, 0.1) is 17.0 Å². The molecule has 0 unspecified atom stereocenters. The van der Waals surface area contributed by atoms with Gasteiger partial charge >= 0.3 is 12.1 Å². The maximum Gasteiger partial charge on any atom is 0.416 e. The first-order chi connectivity index (χ1) is 19.6. The number of rotatable bonds is 7. The predicted molar refractivity (Wildman–Crippen MR) is 138 cm³/mol. The Balaban J connectivity index is 1.60. The normalized spacial score (nSPS) is 24.0. The van der Waals surface area contributed by atoms with Gasteiger partial charge in [-0.3, -0.25) is 9.10 Å². The number of anilines is 1. The zero-order valence-electron chi connectivity index (χ0n) is 21.6. The van der Waals surface area contributed by atoms with Crippen molar-refractivity contribution < 1.29 is 55.2 Å². The first-order valence-corrected chi connectivity index (χ1v) is 14.0. The molecule has 1 fully saturated rings. The van der Waals surface area contributed by atoms with Crippen LogP contribution < -0.4 is 9.04 Å². The lowest BCUT2D eigenvalue weighted by atomic mass is 9.57. The number of halogens is 5. The quantitative estimate of drug-likeness (QED) is 0.333. The topological polar surface area (TPSA) is 124 Å². The van der Waals surface area contributed by atoms with Crippen molar-refractivity contribution in [1.29, 1.82) is 0 Å². The highest BCUT2D eigenvalue weighted by molar-refractivity contribution is 7.92. The lowest BCUT2D eigenvalue weighted by Gasteiger charge is -2.51. The fourth-order valence-corrected chi connectivity index (χ4v) is 7.18. The van der Waals surface area contributed by atoms with Gasteiger partial charge in [-0.25, -0.2) is 17.2 Å². The molecule has 0 spiro atoms. The van der Waals surface area contributed by atoms with E-state index in [0.717, 1.165) is 34.6 Å². The number of sulfonamides is 1. The maximum atomic E-state index is 14.6. The molecule has 0 saturated heterocycles. The second-order valence-corrected chi connectivity index (χ2v) is 12.5. The molecule has 1 aliphatic heterocycles. The number of ether oxygens (including phenoxy) is 1. The molecule has 42 heavy (non-hydrogen) atoms. The van der Waals surface area contributed by atoms with E-state index in [1.807, 2.05) is 0 Å². The number of hydrogen-bond acceptors (Lipinski definition) is 6. The molecule has 14 heteroatoms. The predicted octanol–water partition coefficient (Wildman–Crippen LogP) is 4.59. The van der Waals surface area contributed by atoms with Crippen LogP contribution in [0.25, 0.3) is 11.1 Å². The smallest absolute Gasteiger partial charge is 0.416 e. The molecule has 0 aromatic heterocycles. The van der Waals surface area contributed by atoms with Gasteiger partial charge in [0.2, 0.25) is 0 Å². The second-order valence-electron chi connectivity index (χ2n) is 10.6. The third-order valence-corrected chi connectivity index (χ3v) is 9.36. The van der Waals surface area contributed by atoms with E-state index in [1.165, 1.54) is 18.2 Å². The van der Waals surface area contributed by atoms with E-state index >= 15 is 0 Å². The molecule has 1 atom stereocenters. The Hall–Kier alpha value is -3.75. The Kier molecular flexibility index (Phi) is 7.23. The van der Waals surface area contributed by atoms with Gasteiger partial charge in [-0.2, -0.15) is 13.2 Å². The number of benzene rings is 3. The first-order valence-electron chi connectivity index (χ1n) is 12.6. The molecule has 3 aromatic carbocycles. The third kappa shape index (κ3) is 5.29. The fourth-order valence-electron chi connectivity index (χ4n) is 5.63. The summed E-state index contributed by atoms with van der Waals surface area (Å²) in [6.07, 6.45) is -6.97. The van der Waals surface area contributed by atoms with E-state index in [0.29, 0.717) is 12.1 Å². The highest BCUT2D eigenvalue weighted by atomic mass is 32.2. The van der Waals surface area contributed by atoms with E-state index in [-0.39, 0.29) is 41.8 Å². The van der Waals surface area contributed by atoms with Crippen molar-refractivity contribution >= 4 is 21.7 Å². The SMILES string of the molecule is O=C(O)C1(C[C@H]2CN(S(=O)(=O)c3cccc(C(F)(F)F)c3)c3cc(-c4cc(F)ccc4F)ccc3O2)CC(O)(CO)C1. The summed E-state index contributed by atoms with van der Waals surface area (Å²) in [4.78, 5) is 11.5. The zero-order valence-corrected chi connectivity index (χ0v) is 22.4. The number of carboxylic acid groups (broad SMARTS) is 1. The van der Waals surface area contributed by atoms with E-state index in [1.54, 1.807) is 0 Å². The largest absolute Gasteiger partial charge is 0.486 e. The maximum absolute atomic E-state index is 14.6. The van der Waals surface area contributed by atoms with Crippen molar-refractivity contribution in [2.45, 2.75) is 42.0 Å². The van der Waals surface area contributed by atoms with Gasteiger partial charge in [0.25, 0.3) is 10.0 Å². The van der Waals surface area contributed by atoms with E-state index in [4.69, 9.17) is 4.74 Å². The summed E-state index contributed by atoms with van der Waals surface area (Å²) in [5.74, 6) is -2.99. The van der Waals surface area contributed by atoms with E-state index in [9.17, 15) is 50.5 Å². The lowest BCUT2D eigenvalue weighted by molar-refractivity contribution is -0.193. The molecule has 1 heterocycles. The molecule has 0 amide bonds. The van der Waals surface area contributed by atoms with Crippen molar-refractivity contribution in [3.05, 3.63) is 77.9 Å². The zero-order chi connectivity index (χ0) is 30.7. The molecule has 3 aromatic rings. The van der Waals surface area contributed by atoms with Gasteiger partial charge in [-0.15, -0.1) is 0 Å². The third-order valence-electron chi connectivity index (χ3n) is 7.58. The summed E-state index contributed by atoms with van der Waals surface area (Å²) >= 11 is 0. The summed E-state index contributed by atoms with van der Waals surface area (Å²) in [5, 5.41) is 29.6. The van der Waals surface area contributed by atoms with Gasteiger partial charge in [-0.05, 0) is 66.9 Å². The molecule has 0 radical (unpaired) electrons. The van der Waals surface area contributed by atoms with E-state index < -0.39 is 74.5 Å². The van der Waals surface area contributed by atoms with Crippen LogP contribution in [-0.2, 0) is 21.0 Å². The first kappa shape index (κ1) is 29.7. The van der Waals surface area contributed by atoms with Gasteiger partial charge in [0, 0.05) is 12.0 Å². The average molecular weight is 614 g/mol. The number of nitrogens with zero attached hydrogens (tertiary/aromatic N) is 1. The Bertz CT molecular complexity index is 1650. The second kappa shape index (κ2) is 10.2. The van der Waals surface area contributed by atoms with Crippen LogP contribution in [0.1, 0.15) is 24.8 Å². The molecule has 8 nitrogen and oxygen atoms in total. The molecular formula is C28H24F5NO7S. The summed E-state index contributed by atoms with van der Waals surface area (Å²) in [5.41, 5.74) is -4.78. The van der Waals surface area contributed by atoms with Crippen LogP contribution in [0.2, 0.25) is 0 Å². The Labute approximate surface area is 236 Å². The van der Waals surface area contributed by atoms with Crippen molar-refractivity contribution in [1.82, 2.24) is 0 Å². The van der Waals surface area contributed by atoms with Gasteiger partial charge in [0.05, 0.1) is 40.3 Å². The molecule has 1 aliphatic carbocycles. The minimum absolute atomic E-state index is 0.0473. The van der Waals surface area contributed by atoms with Crippen LogP contribution in [0.5, 0.6) is 5.75 Å². The van der Waals surface area contributed by atoms with Gasteiger partial charge in [0.1, 0.15) is 23.5 Å². The molecule has 3 N–H and O–H groups in total. The molecule has 2 aliphatic rings. The van der Waals surface area contributed by atoms with Gasteiger partial charge in [0.15, 0.2) is 0 Å². The Morgan fingerprint density at radius 2 is 1.76 bits per heavy atom. The van der Waals surface area contributed by atoms with Crippen molar-refractivity contribution in [3.63, 3.8) is 0 Å². The number of fused-ring (bicyclic) bond motifs is 1. The molecule has 224 valence electrons. The number of aliphatic hydroxyl groups is 2. The van der Waals surface area contributed by atoms with E-state index in [2.05, 4.69) is 0 Å². The Morgan fingerprint density at radius 3 is 2.40 bits per heavy atom. The number of alkyl halides is 3. The average Bonchev–Trinajstić information content (AvgIpc) is 2.92. The van der Waals surface area contributed by atoms with Crippen molar-refractivity contribution in [3.8, 4) is 16.9 Å². The molecule has 5 rings (SSSR count). The minimum atomic E-state index is -4.85. The number of carboxylic acids is 1. The van der Waals surface area contributed by atoms with Gasteiger partial charge in [-0.1, -0.05) is 12.1 Å². The Morgan fingerprint density at radius 1 is 1.05 bits per heavy atom. The molecule has 0 bridgehead atoms. The number of hydrogen-bond donors (Lipinski definition) is 3. The summed E-state index contributed by atoms with van der Waals surface area (Å²) in [6, 6.07) is 9.52. The summed E-state index contributed by atoms with van der Waals surface area (Å²) < 4.78 is 103. The highest BCUT2D eigenvalue weighted by Gasteiger charge is 2.59. The van der Waals surface area contributed by atoms with Gasteiger partial charge < -0.3 is 20.1 Å². The number of aliphatic carboxylic acids is 1. The summed E-state index contributed by atoms with van der Waals surface area (Å²) in [7, 11) is -4.75. The van der Waals surface area contributed by atoms with Crippen molar-refractivity contribution in [2.75, 3.05) is 17.5 Å². The molecular weight excluding hydrogens is 589 g/mol. The molecule has 1 saturated carbocycles. The minimum Gasteiger partial charge on any atom is -0.486 e.